The Morgan fingerprint density at radius 2 is 1.95 bits per heavy atom. The number of anilines is 2. The molecule has 1 aliphatic heterocycles. The normalized spacial score (nSPS) is 15.7. The molecule has 2 aromatic heterocycles. The molecule has 20 heavy (non-hydrogen) atoms. The smallest absolute Gasteiger partial charge is 0.185 e. The van der Waals surface area contributed by atoms with E-state index in [9.17, 15) is 0 Å². The van der Waals surface area contributed by atoms with Crippen molar-refractivity contribution in [3.8, 4) is 0 Å². The van der Waals surface area contributed by atoms with Gasteiger partial charge in [-0.1, -0.05) is 0 Å². The van der Waals surface area contributed by atoms with Crippen LogP contribution in [0.3, 0.4) is 0 Å². The Hall–Kier alpha value is -0.850. The lowest BCUT2D eigenvalue weighted by Gasteiger charge is -2.36. The van der Waals surface area contributed by atoms with Crippen LogP contribution in [0.2, 0.25) is 0 Å². The lowest BCUT2D eigenvalue weighted by atomic mass is 10.2. The standard InChI is InChI=1S/C13H14BrClN4S/c14-11-7-10(8-15)12(17-9-11)18-2-4-19(5-3-18)13-16-1-6-20-13/h1,6-7,9H,2-5,8H2. The van der Waals surface area contributed by atoms with Crippen molar-refractivity contribution in [3.05, 3.63) is 33.9 Å². The Bertz CT molecular complexity index is 570. The molecule has 0 atom stereocenters. The Labute approximate surface area is 135 Å². The van der Waals surface area contributed by atoms with Gasteiger partial charge in [-0.3, -0.25) is 0 Å². The van der Waals surface area contributed by atoms with Crippen molar-refractivity contribution in [1.82, 2.24) is 9.97 Å². The van der Waals surface area contributed by atoms with Gasteiger partial charge in [-0.25, -0.2) is 9.97 Å². The largest absolute Gasteiger partial charge is 0.353 e. The van der Waals surface area contributed by atoms with E-state index in [0.29, 0.717) is 5.88 Å². The molecule has 1 fully saturated rings. The predicted molar refractivity (Wildman–Crippen MR) is 88.0 cm³/mol. The third-order valence-electron chi connectivity index (χ3n) is 3.32. The minimum Gasteiger partial charge on any atom is -0.353 e. The summed E-state index contributed by atoms with van der Waals surface area (Å²) in [7, 11) is 0. The molecule has 7 heteroatoms. The van der Waals surface area contributed by atoms with Crippen LogP contribution in [0.1, 0.15) is 5.56 Å². The summed E-state index contributed by atoms with van der Waals surface area (Å²) >= 11 is 11.2. The number of thiazole rings is 1. The number of nitrogens with zero attached hydrogens (tertiary/aromatic N) is 4. The quantitative estimate of drug-likeness (QED) is 0.772. The fourth-order valence-electron chi connectivity index (χ4n) is 2.34. The lowest BCUT2D eigenvalue weighted by Crippen LogP contribution is -2.47. The van der Waals surface area contributed by atoms with Gasteiger partial charge >= 0.3 is 0 Å². The maximum Gasteiger partial charge on any atom is 0.185 e. The molecule has 106 valence electrons. The summed E-state index contributed by atoms with van der Waals surface area (Å²) in [6.45, 7) is 3.82. The van der Waals surface area contributed by atoms with Crippen molar-refractivity contribution in [2.24, 2.45) is 0 Å². The van der Waals surface area contributed by atoms with E-state index in [1.54, 1.807) is 11.3 Å². The first-order valence-corrected chi connectivity index (χ1v) is 8.58. The molecule has 0 radical (unpaired) electrons. The maximum atomic E-state index is 6.03. The molecule has 0 saturated carbocycles. The molecular formula is C13H14BrClN4S. The van der Waals surface area contributed by atoms with Crippen LogP contribution in [0, 0.1) is 0 Å². The second-order valence-electron chi connectivity index (χ2n) is 4.56. The van der Waals surface area contributed by atoms with Gasteiger partial charge in [-0.2, -0.15) is 0 Å². The van der Waals surface area contributed by atoms with E-state index in [1.807, 2.05) is 23.8 Å². The molecule has 0 unspecified atom stereocenters. The van der Waals surface area contributed by atoms with Gasteiger partial charge in [0.15, 0.2) is 5.13 Å². The highest BCUT2D eigenvalue weighted by molar-refractivity contribution is 9.10. The van der Waals surface area contributed by atoms with Crippen LogP contribution in [0.25, 0.3) is 0 Å². The summed E-state index contributed by atoms with van der Waals surface area (Å²) < 4.78 is 0.971. The van der Waals surface area contributed by atoms with E-state index in [2.05, 4.69) is 35.7 Å². The zero-order valence-corrected chi connectivity index (χ0v) is 14.0. The summed E-state index contributed by atoms with van der Waals surface area (Å²) in [5, 5.41) is 3.12. The van der Waals surface area contributed by atoms with Gasteiger partial charge in [0.05, 0.1) is 5.88 Å². The number of halogens is 2. The van der Waals surface area contributed by atoms with Gasteiger partial charge in [-0.05, 0) is 22.0 Å². The molecule has 0 N–H and O–H groups in total. The summed E-state index contributed by atoms with van der Waals surface area (Å²) in [5.74, 6) is 1.48. The third-order valence-corrected chi connectivity index (χ3v) is 4.88. The van der Waals surface area contributed by atoms with Crippen LogP contribution >= 0.6 is 38.9 Å². The van der Waals surface area contributed by atoms with Crippen molar-refractivity contribution >= 4 is 49.8 Å². The molecule has 0 bridgehead atoms. The van der Waals surface area contributed by atoms with Crippen molar-refractivity contribution in [2.75, 3.05) is 36.0 Å². The molecule has 4 nitrogen and oxygen atoms in total. The van der Waals surface area contributed by atoms with E-state index < -0.39 is 0 Å². The molecular weight excluding hydrogens is 360 g/mol. The molecule has 0 aromatic carbocycles. The molecule has 0 spiro atoms. The van der Waals surface area contributed by atoms with Gasteiger partial charge in [0.2, 0.25) is 0 Å². The summed E-state index contributed by atoms with van der Waals surface area (Å²) in [6, 6.07) is 2.04. The average molecular weight is 374 g/mol. The predicted octanol–water partition coefficient (Wildman–Crippen LogP) is 3.37. The lowest BCUT2D eigenvalue weighted by molar-refractivity contribution is 0.644. The maximum absolute atomic E-state index is 6.03. The number of alkyl halides is 1. The number of hydrogen-bond acceptors (Lipinski definition) is 5. The second kappa shape index (κ2) is 6.28. The van der Waals surface area contributed by atoms with Crippen LogP contribution in [0.5, 0.6) is 0 Å². The van der Waals surface area contributed by atoms with E-state index in [0.717, 1.165) is 47.2 Å². The molecule has 1 aliphatic rings. The monoisotopic (exact) mass is 372 g/mol. The zero-order chi connectivity index (χ0) is 13.9. The van der Waals surface area contributed by atoms with Crippen LogP contribution in [0.4, 0.5) is 10.9 Å². The highest BCUT2D eigenvalue weighted by atomic mass is 79.9. The number of pyridine rings is 1. The molecule has 3 rings (SSSR count). The number of piperazine rings is 1. The number of aromatic nitrogens is 2. The molecule has 3 heterocycles. The van der Waals surface area contributed by atoms with Crippen LogP contribution in [-0.4, -0.2) is 36.1 Å². The van der Waals surface area contributed by atoms with Gasteiger partial charge < -0.3 is 9.80 Å². The second-order valence-corrected chi connectivity index (χ2v) is 6.61. The number of rotatable bonds is 3. The highest BCUT2D eigenvalue weighted by Gasteiger charge is 2.21. The molecule has 0 aliphatic carbocycles. The Morgan fingerprint density at radius 3 is 2.60 bits per heavy atom. The molecule has 0 amide bonds. The van der Waals surface area contributed by atoms with Crippen LogP contribution < -0.4 is 9.80 Å². The Kier molecular flexibility index (Phi) is 4.43. The average Bonchev–Trinajstić information content (AvgIpc) is 3.01. The summed E-state index contributed by atoms with van der Waals surface area (Å²) in [6.07, 6.45) is 3.69. The number of hydrogen-bond donors (Lipinski definition) is 0. The first-order chi connectivity index (χ1) is 9.78. The van der Waals surface area contributed by atoms with Crippen molar-refractivity contribution in [2.45, 2.75) is 5.88 Å². The van der Waals surface area contributed by atoms with Gasteiger partial charge in [0.25, 0.3) is 0 Å². The molecule has 1 saturated heterocycles. The van der Waals surface area contributed by atoms with E-state index in [4.69, 9.17) is 11.6 Å². The summed E-state index contributed by atoms with van der Waals surface area (Å²) in [4.78, 5) is 13.5. The fraction of sp³-hybridized carbons (Fsp3) is 0.385. The van der Waals surface area contributed by atoms with E-state index in [1.165, 1.54) is 0 Å². The third kappa shape index (κ3) is 2.92. The highest BCUT2D eigenvalue weighted by Crippen LogP contribution is 2.26. The SMILES string of the molecule is ClCc1cc(Br)cnc1N1CCN(c2nccs2)CC1. The minimum absolute atomic E-state index is 0.481. The van der Waals surface area contributed by atoms with Crippen molar-refractivity contribution in [3.63, 3.8) is 0 Å². The summed E-state index contributed by atoms with van der Waals surface area (Å²) in [5.41, 5.74) is 1.07. The van der Waals surface area contributed by atoms with Crippen LogP contribution in [-0.2, 0) is 5.88 Å². The van der Waals surface area contributed by atoms with Gasteiger partial charge in [0.1, 0.15) is 5.82 Å². The Morgan fingerprint density at radius 1 is 1.20 bits per heavy atom. The fourth-order valence-corrected chi connectivity index (χ4v) is 3.61. The Balaban J connectivity index is 1.72. The van der Waals surface area contributed by atoms with Crippen molar-refractivity contribution < 1.29 is 0 Å². The first-order valence-electron chi connectivity index (χ1n) is 6.37. The van der Waals surface area contributed by atoms with Gasteiger partial charge in [-0.15, -0.1) is 22.9 Å². The zero-order valence-electron chi connectivity index (χ0n) is 10.8. The van der Waals surface area contributed by atoms with E-state index >= 15 is 0 Å². The van der Waals surface area contributed by atoms with Crippen molar-refractivity contribution in [1.29, 1.82) is 0 Å². The van der Waals surface area contributed by atoms with Crippen LogP contribution in [0.15, 0.2) is 28.3 Å². The van der Waals surface area contributed by atoms with Gasteiger partial charge in [0, 0.05) is 54.0 Å². The molecule has 2 aromatic rings. The topological polar surface area (TPSA) is 32.3 Å². The first kappa shape index (κ1) is 14.1. The van der Waals surface area contributed by atoms with E-state index in [-0.39, 0.29) is 0 Å². The minimum atomic E-state index is 0.481.